The highest BCUT2D eigenvalue weighted by Crippen LogP contribution is 2.65. The standard InChI is InChI=1S/C25H57N3P/c1-8-14-20-26(21-15-9-2)29(7,27(22-16-10-3)23-17-11-4)28(24-18-12-5)25-19-13-6/h8-25H2,1-7H3/q+1. The van der Waals surface area contributed by atoms with E-state index in [0.29, 0.717) is 0 Å². The van der Waals surface area contributed by atoms with Gasteiger partial charge in [0.05, 0.1) is 6.66 Å². The van der Waals surface area contributed by atoms with Crippen molar-refractivity contribution in [1.82, 2.24) is 14.0 Å². The van der Waals surface area contributed by atoms with E-state index in [9.17, 15) is 0 Å². The maximum absolute atomic E-state index is 2.98. The predicted octanol–water partition coefficient (Wildman–Crippen LogP) is 8.09. The van der Waals surface area contributed by atoms with Crippen molar-refractivity contribution in [2.24, 2.45) is 0 Å². The van der Waals surface area contributed by atoms with E-state index in [1.54, 1.807) is 0 Å². The molecule has 0 aliphatic rings. The van der Waals surface area contributed by atoms with E-state index in [2.05, 4.69) is 62.2 Å². The number of hydrogen-bond acceptors (Lipinski definition) is 3. The van der Waals surface area contributed by atoms with Gasteiger partial charge in [0.2, 0.25) is 7.71 Å². The molecule has 0 rings (SSSR count). The number of hydrogen-bond donors (Lipinski definition) is 0. The first-order valence-corrected chi connectivity index (χ1v) is 15.3. The molecule has 0 heterocycles. The summed E-state index contributed by atoms with van der Waals surface area (Å²) in [6.07, 6.45) is 15.8. The summed E-state index contributed by atoms with van der Waals surface area (Å²) in [4.78, 5) is 0. The lowest BCUT2D eigenvalue weighted by Gasteiger charge is -2.46. The van der Waals surface area contributed by atoms with Crippen molar-refractivity contribution in [3.05, 3.63) is 0 Å². The van der Waals surface area contributed by atoms with Gasteiger partial charge in [-0.3, -0.25) is 0 Å². The van der Waals surface area contributed by atoms with Crippen LogP contribution in [0.3, 0.4) is 0 Å². The maximum atomic E-state index is 2.98. The van der Waals surface area contributed by atoms with E-state index < -0.39 is 7.71 Å². The van der Waals surface area contributed by atoms with Crippen LogP contribution in [0.1, 0.15) is 119 Å². The molecule has 0 atom stereocenters. The Hall–Kier alpha value is 0.310. The molecule has 0 N–H and O–H groups in total. The van der Waals surface area contributed by atoms with E-state index >= 15 is 0 Å². The zero-order valence-electron chi connectivity index (χ0n) is 21.5. The average Bonchev–Trinajstić information content (AvgIpc) is 2.73. The second-order valence-corrected chi connectivity index (χ2v) is 12.3. The fourth-order valence-corrected chi connectivity index (χ4v) is 8.25. The molecule has 0 fully saturated rings. The van der Waals surface area contributed by atoms with Crippen molar-refractivity contribution < 1.29 is 0 Å². The van der Waals surface area contributed by atoms with Gasteiger partial charge in [0.1, 0.15) is 0 Å². The summed E-state index contributed by atoms with van der Waals surface area (Å²) in [6, 6.07) is 0. The van der Waals surface area contributed by atoms with E-state index in [0.717, 1.165) is 0 Å². The molecule has 4 heteroatoms. The molecule has 3 nitrogen and oxygen atoms in total. The summed E-state index contributed by atoms with van der Waals surface area (Å²) in [5.74, 6) is 0. The number of unbranched alkanes of at least 4 members (excludes halogenated alkanes) is 6. The highest BCUT2D eigenvalue weighted by molar-refractivity contribution is 7.68. The predicted molar refractivity (Wildman–Crippen MR) is 137 cm³/mol. The Balaban J connectivity index is 6.01. The largest absolute Gasteiger partial charge is 0.224 e. The topological polar surface area (TPSA) is 9.72 Å². The maximum Gasteiger partial charge on any atom is 0.224 e. The average molecular weight is 431 g/mol. The SMILES string of the molecule is CCCCN(CCCC)[P+](C)(N(CCCC)CCCC)N(CCCC)CCCC. The highest BCUT2D eigenvalue weighted by Gasteiger charge is 2.50. The first-order valence-electron chi connectivity index (χ1n) is 13.2. The number of rotatable bonds is 21. The molecule has 0 aliphatic carbocycles. The van der Waals surface area contributed by atoms with Gasteiger partial charge in [-0.2, -0.15) is 0 Å². The van der Waals surface area contributed by atoms with Crippen molar-refractivity contribution >= 4 is 7.71 Å². The fraction of sp³-hybridized carbons (Fsp3) is 1.00. The second kappa shape index (κ2) is 19.0. The lowest BCUT2D eigenvalue weighted by atomic mass is 10.3. The van der Waals surface area contributed by atoms with Crippen molar-refractivity contribution in [3.63, 3.8) is 0 Å². The van der Waals surface area contributed by atoms with Crippen LogP contribution < -0.4 is 0 Å². The molecule has 0 bridgehead atoms. The minimum absolute atomic E-state index is 1.28. The van der Waals surface area contributed by atoms with E-state index in [-0.39, 0.29) is 0 Å². The molecule has 0 saturated heterocycles. The van der Waals surface area contributed by atoms with Crippen molar-refractivity contribution in [2.75, 3.05) is 45.9 Å². The quantitative estimate of drug-likeness (QED) is 0.170. The summed E-state index contributed by atoms with van der Waals surface area (Å²) in [6.45, 7) is 24.5. The Labute approximate surface area is 186 Å². The normalized spacial score (nSPS) is 12.6. The van der Waals surface area contributed by atoms with E-state index in [4.69, 9.17) is 0 Å². The summed E-state index contributed by atoms with van der Waals surface area (Å²) in [5, 5.41) is 0. The zero-order chi connectivity index (χ0) is 22.0. The van der Waals surface area contributed by atoms with Gasteiger partial charge in [0, 0.05) is 39.3 Å². The fourth-order valence-electron chi connectivity index (χ4n) is 4.05. The Morgan fingerprint density at radius 3 is 0.690 bits per heavy atom. The Kier molecular flexibility index (Phi) is 19.2. The first-order chi connectivity index (χ1) is 14.1. The smallest absolute Gasteiger partial charge is 0.149 e. The molecule has 0 aromatic carbocycles. The van der Waals surface area contributed by atoms with Crippen LogP contribution in [0.25, 0.3) is 0 Å². The minimum Gasteiger partial charge on any atom is -0.149 e. The van der Waals surface area contributed by atoms with Crippen LogP contribution in [-0.2, 0) is 0 Å². The van der Waals surface area contributed by atoms with E-state index in [1.165, 1.54) is 116 Å². The monoisotopic (exact) mass is 430 g/mol. The molecule has 176 valence electrons. The van der Waals surface area contributed by atoms with Crippen LogP contribution in [-0.4, -0.2) is 59.9 Å². The lowest BCUT2D eigenvalue weighted by molar-refractivity contribution is 0.286. The second-order valence-electron chi connectivity index (χ2n) is 8.85. The summed E-state index contributed by atoms with van der Waals surface area (Å²) < 4.78 is 8.95. The molecule has 0 amide bonds. The molecule has 0 saturated carbocycles. The molecule has 0 radical (unpaired) electrons. The van der Waals surface area contributed by atoms with Crippen molar-refractivity contribution in [2.45, 2.75) is 119 Å². The third-order valence-electron chi connectivity index (χ3n) is 6.23. The van der Waals surface area contributed by atoms with Crippen LogP contribution in [0.2, 0.25) is 0 Å². The summed E-state index contributed by atoms with van der Waals surface area (Å²) in [7, 11) is -1.48. The van der Waals surface area contributed by atoms with Gasteiger partial charge >= 0.3 is 0 Å². The minimum atomic E-state index is -1.48. The molecule has 0 spiro atoms. The molecule has 0 aromatic heterocycles. The van der Waals surface area contributed by atoms with Gasteiger partial charge < -0.3 is 0 Å². The van der Waals surface area contributed by atoms with Gasteiger partial charge in [-0.05, 0) is 38.5 Å². The Morgan fingerprint density at radius 1 is 0.379 bits per heavy atom. The molecule has 29 heavy (non-hydrogen) atoms. The third kappa shape index (κ3) is 10.9. The van der Waals surface area contributed by atoms with Crippen LogP contribution in [0.4, 0.5) is 0 Å². The highest BCUT2D eigenvalue weighted by atomic mass is 31.2. The van der Waals surface area contributed by atoms with Crippen LogP contribution in [0.5, 0.6) is 0 Å². The zero-order valence-corrected chi connectivity index (χ0v) is 22.4. The first kappa shape index (κ1) is 29.3. The molecule has 0 aromatic rings. The van der Waals surface area contributed by atoms with Crippen LogP contribution in [0.15, 0.2) is 0 Å². The van der Waals surface area contributed by atoms with Gasteiger partial charge in [-0.15, -0.1) is 14.0 Å². The van der Waals surface area contributed by atoms with Gasteiger partial charge in [-0.25, -0.2) is 0 Å². The Bertz CT molecular complexity index is 277. The third-order valence-corrected chi connectivity index (χ3v) is 10.6. The molecule has 0 unspecified atom stereocenters. The molecular formula is C25H57N3P+. The summed E-state index contributed by atoms with van der Waals surface area (Å²) in [5.41, 5.74) is 0. The molecular weight excluding hydrogens is 373 g/mol. The summed E-state index contributed by atoms with van der Waals surface area (Å²) >= 11 is 0. The lowest BCUT2D eigenvalue weighted by Crippen LogP contribution is -2.47. The van der Waals surface area contributed by atoms with Crippen LogP contribution >= 0.6 is 7.71 Å². The van der Waals surface area contributed by atoms with Crippen LogP contribution in [0, 0.1) is 0 Å². The Morgan fingerprint density at radius 2 is 0.552 bits per heavy atom. The van der Waals surface area contributed by atoms with Crippen molar-refractivity contribution in [1.29, 1.82) is 0 Å². The molecule has 0 aliphatic heterocycles. The number of nitrogens with zero attached hydrogens (tertiary/aromatic N) is 3. The van der Waals surface area contributed by atoms with E-state index in [1.807, 2.05) is 0 Å². The van der Waals surface area contributed by atoms with Gasteiger partial charge in [0.15, 0.2) is 0 Å². The van der Waals surface area contributed by atoms with Crippen molar-refractivity contribution in [3.8, 4) is 0 Å². The van der Waals surface area contributed by atoms with Gasteiger partial charge in [0.25, 0.3) is 0 Å². The van der Waals surface area contributed by atoms with Gasteiger partial charge in [-0.1, -0.05) is 80.1 Å².